The average molecular weight is 394 g/mol. The number of thiophene rings is 1. The lowest BCUT2D eigenvalue weighted by atomic mass is 10.0. The zero-order valence-corrected chi connectivity index (χ0v) is 17.4. The molecule has 0 bridgehead atoms. The first kappa shape index (κ1) is 20.1. The van der Waals surface area contributed by atoms with Crippen molar-refractivity contribution in [1.82, 2.24) is 10.6 Å². The zero-order chi connectivity index (χ0) is 19.9. The van der Waals surface area contributed by atoms with Gasteiger partial charge in [-0.2, -0.15) is 0 Å². The topological polar surface area (TPSA) is 44.4 Å². The predicted octanol–water partition coefficient (Wildman–Crippen LogP) is 4.12. The Hall–Kier alpha value is -2.63. The number of rotatable bonds is 8. The smallest absolute Gasteiger partial charge is 0.234 e. The van der Waals surface area contributed by atoms with Gasteiger partial charge in [0.1, 0.15) is 0 Å². The Labute approximate surface area is 171 Å². The van der Waals surface area contributed by atoms with Crippen LogP contribution in [0.15, 0.2) is 66.0 Å². The number of nitrogens with one attached hydrogen (secondary N) is 2. The minimum atomic E-state index is -0.00893. The van der Waals surface area contributed by atoms with E-state index >= 15 is 0 Å². The first-order chi connectivity index (χ1) is 13.5. The monoisotopic (exact) mass is 393 g/mol. The molecule has 3 aromatic rings. The van der Waals surface area contributed by atoms with Crippen LogP contribution in [0.2, 0.25) is 0 Å². The van der Waals surface area contributed by atoms with Gasteiger partial charge in [0, 0.05) is 31.2 Å². The van der Waals surface area contributed by atoms with Crippen molar-refractivity contribution in [3.05, 3.63) is 87.6 Å². The molecule has 28 heavy (non-hydrogen) atoms. The molecule has 2 N–H and O–H groups in total. The Bertz CT molecular complexity index is 871. The molecule has 146 valence electrons. The highest BCUT2D eigenvalue weighted by molar-refractivity contribution is 7.10. The molecule has 0 radical (unpaired) electrons. The van der Waals surface area contributed by atoms with Crippen molar-refractivity contribution in [2.24, 2.45) is 0 Å². The number of anilines is 1. The van der Waals surface area contributed by atoms with Gasteiger partial charge in [0.15, 0.2) is 0 Å². The van der Waals surface area contributed by atoms with Crippen LogP contribution in [0.25, 0.3) is 0 Å². The van der Waals surface area contributed by atoms with Crippen LogP contribution in [-0.2, 0) is 11.3 Å². The highest BCUT2D eigenvalue weighted by atomic mass is 32.1. The van der Waals surface area contributed by atoms with Gasteiger partial charge in [0.2, 0.25) is 5.91 Å². The minimum absolute atomic E-state index is 0.00893. The second kappa shape index (κ2) is 9.53. The quantitative estimate of drug-likeness (QED) is 0.605. The summed E-state index contributed by atoms with van der Waals surface area (Å²) in [6, 6.07) is 20.8. The van der Waals surface area contributed by atoms with E-state index in [2.05, 4.69) is 70.3 Å². The van der Waals surface area contributed by atoms with Crippen molar-refractivity contribution in [3.63, 3.8) is 0 Å². The van der Waals surface area contributed by atoms with E-state index in [0.717, 1.165) is 11.3 Å². The molecule has 0 aliphatic rings. The van der Waals surface area contributed by atoms with Gasteiger partial charge < -0.3 is 10.2 Å². The molecule has 0 spiro atoms. The number of aryl methyl sites for hydroxylation is 1. The molecule has 0 saturated carbocycles. The summed E-state index contributed by atoms with van der Waals surface area (Å²) in [6.07, 6.45) is 0. The number of carbonyl (C=O) groups is 1. The number of benzene rings is 2. The summed E-state index contributed by atoms with van der Waals surface area (Å²) in [5, 5.41) is 8.47. The molecule has 0 unspecified atom stereocenters. The van der Waals surface area contributed by atoms with Crippen molar-refractivity contribution in [3.8, 4) is 0 Å². The number of amides is 1. The molecule has 2 aromatic carbocycles. The molecule has 1 heterocycles. The molecule has 0 fully saturated rings. The largest absolute Gasteiger partial charge is 0.378 e. The van der Waals surface area contributed by atoms with Crippen LogP contribution in [0.5, 0.6) is 0 Å². The molecule has 0 saturated heterocycles. The third-order valence-corrected chi connectivity index (χ3v) is 5.58. The van der Waals surface area contributed by atoms with E-state index in [1.165, 1.54) is 16.0 Å². The van der Waals surface area contributed by atoms with Crippen LogP contribution < -0.4 is 15.5 Å². The SMILES string of the molecule is Cc1ccc([C@H](NCC(=O)NCc2ccc(N(C)C)cc2)c2cccs2)cc1. The molecule has 1 aromatic heterocycles. The fraction of sp³-hybridized carbons (Fsp3) is 0.261. The fourth-order valence-corrected chi connectivity index (χ4v) is 3.79. The van der Waals surface area contributed by atoms with Crippen LogP contribution in [-0.4, -0.2) is 26.5 Å². The van der Waals surface area contributed by atoms with Gasteiger partial charge >= 0.3 is 0 Å². The van der Waals surface area contributed by atoms with Gasteiger partial charge in [-0.1, -0.05) is 48.0 Å². The third-order valence-electron chi connectivity index (χ3n) is 4.65. The summed E-state index contributed by atoms with van der Waals surface area (Å²) in [7, 11) is 4.03. The molecule has 1 amide bonds. The number of carbonyl (C=O) groups excluding carboxylic acids is 1. The van der Waals surface area contributed by atoms with Gasteiger partial charge in [-0.25, -0.2) is 0 Å². The summed E-state index contributed by atoms with van der Waals surface area (Å²) < 4.78 is 0. The Morgan fingerprint density at radius 1 is 1.04 bits per heavy atom. The summed E-state index contributed by atoms with van der Waals surface area (Å²) in [5.74, 6) is -0.00893. The van der Waals surface area contributed by atoms with Crippen LogP contribution in [0.4, 0.5) is 5.69 Å². The van der Waals surface area contributed by atoms with E-state index in [0.29, 0.717) is 6.54 Å². The first-order valence-corrected chi connectivity index (χ1v) is 10.3. The van der Waals surface area contributed by atoms with Crippen LogP contribution >= 0.6 is 11.3 Å². The highest BCUT2D eigenvalue weighted by Crippen LogP contribution is 2.26. The Morgan fingerprint density at radius 2 is 1.75 bits per heavy atom. The van der Waals surface area contributed by atoms with Gasteiger partial charge in [-0.05, 0) is 41.6 Å². The van der Waals surface area contributed by atoms with Crippen LogP contribution in [0.3, 0.4) is 0 Å². The second-order valence-electron chi connectivity index (χ2n) is 7.08. The highest BCUT2D eigenvalue weighted by Gasteiger charge is 2.16. The van der Waals surface area contributed by atoms with E-state index in [9.17, 15) is 4.79 Å². The Balaban J connectivity index is 1.57. The van der Waals surface area contributed by atoms with Crippen molar-refractivity contribution in [2.75, 3.05) is 25.5 Å². The summed E-state index contributed by atoms with van der Waals surface area (Å²) >= 11 is 1.70. The van der Waals surface area contributed by atoms with Gasteiger partial charge in [-0.15, -0.1) is 11.3 Å². The summed E-state index contributed by atoms with van der Waals surface area (Å²) in [6.45, 7) is 2.88. The molecular formula is C23H27N3OS. The lowest BCUT2D eigenvalue weighted by molar-refractivity contribution is -0.120. The summed E-state index contributed by atoms with van der Waals surface area (Å²) in [4.78, 5) is 15.6. The standard InChI is InChI=1S/C23H27N3OS/c1-17-6-10-19(11-7-17)23(21-5-4-14-28-21)25-16-22(27)24-15-18-8-12-20(13-9-18)26(2)3/h4-14,23,25H,15-16H2,1-3H3,(H,24,27)/t23-/m0/s1. The Morgan fingerprint density at radius 3 is 2.36 bits per heavy atom. The summed E-state index contributed by atoms with van der Waals surface area (Å²) in [5.41, 5.74) is 4.63. The van der Waals surface area contributed by atoms with Crippen molar-refractivity contribution in [2.45, 2.75) is 19.5 Å². The lowest BCUT2D eigenvalue weighted by Crippen LogP contribution is -2.35. The van der Waals surface area contributed by atoms with Crippen molar-refractivity contribution in [1.29, 1.82) is 0 Å². The molecule has 3 rings (SSSR count). The first-order valence-electron chi connectivity index (χ1n) is 9.39. The molecule has 5 heteroatoms. The Kier molecular flexibility index (Phi) is 6.85. The maximum absolute atomic E-state index is 12.4. The molecule has 4 nitrogen and oxygen atoms in total. The van der Waals surface area contributed by atoms with E-state index in [1.54, 1.807) is 11.3 Å². The van der Waals surface area contributed by atoms with Gasteiger partial charge in [-0.3, -0.25) is 10.1 Å². The number of hydrogen-bond acceptors (Lipinski definition) is 4. The zero-order valence-electron chi connectivity index (χ0n) is 16.6. The molecular weight excluding hydrogens is 366 g/mol. The van der Waals surface area contributed by atoms with E-state index in [1.807, 2.05) is 32.3 Å². The third kappa shape index (κ3) is 5.44. The molecule has 1 atom stereocenters. The number of hydrogen-bond donors (Lipinski definition) is 2. The van der Waals surface area contributed by atoms with Crippen molar-refractivity contribution < 1.29 is 4.79 Å². The second-order valence-corrected chi connectivity index (χ2v) is 8.06. The number of nitrogens with zero attached hydrogens (tertiary/aromatic N) is 1. The van der Waals surface area contributed by atoms with E-state index in [4.69, 9.17) is 0 Å². The van der Waals surface area contributed by atoms with E-state index < -0.39 is 0 Å². The van der Waals surface area contributed by atoms with Gasteiger partial charge in [0.05, 0.1) is 12.6 Å². The fourth-order valence-electron chi connectivity index (χ4n) is 2.97. The van der Waals surface area contributed by atoms with Crippen molar-refractivity contribution >= 4 is 22.9 Å². The van der Waals surface area contributed by atoms with E-state index in [-0.39, 0.29) is 18.5 Å². The van der Waals surface area contributed by atoms with Crippen LogP contribution in [0, 0.1) is 6.92 Å². The lowest BCUT2D eigenvalue weighted by Gasteiger charge is -2.18. The maximum atomic E-state index is 12.4. The molecule has 0 aliphatic carbocycles. The normalized spacial score (nSPS) is 11.8. The minimum Gasteiger partial charge on any atom is -0.378 e. The predicted molar refractivity (Wildman–Crippen MR) is 118 cm³/mol. The average Bonchev–Trinajstić information content (AvgIpc) is 3.22. The van der Waals surface area contributed by atoms with Gasteiger partial charge in [0.25, 0.3) is 0 Å². The molecule has 0 aliphatic heterocycles. The van der Waals surface area contributed by atoms with Crippen LogP contribution in [0.1, 0.15) is 27.6 Å². The maximum Gasteiger partial charge on any atom is 0.234 e.